The Morgan fingerprint density at radius 1 is 0.698 bits per heavy atom. The van der Waals surface area contributed by atoms with Crippen LogP contribution in [-0.2, 0) is 11.6 Å². The van der Waals surface area contributed by atoms with Gasteiger partial charge in [-0.25, -0.2) is 4.98 Å². The molecule has 5 aromatic carbocycles. The molecular weight excluding hydrogens is 535 g/mol. The molecule has 0 unspecified atom stereocenters. The SMILES string of the molecule is BC(c1ccccc1)c1ccccc1.CCCCc1cccc([SiH2]C(c2ccccc2)(c2ccccc2)n2ccnc2)c1. The molecule has 0 aliphatic carbocycles. The second kappa shape index (κ2) is 15.2. The van der Waals surface area contributed by atoms with Crippen molar-refractivity contribution in [3.05, 3.63) is 192 Å². The van der Waals surface area contributed by atoms with Crippen molar-refractivity contribution < 1.29 is 0 Å². The zero-order valence-electron chi connectivity index (χ0n) is 25.4. The molecule has 0 saturated carbocycles. The van der Waals surface area contributed by atoms with Gasteiger partial charge in [0.1, 0.15) is 7.85 Å². The predicted molar refractivity (Wildman–Crippen MR) is 188 cm³/mol. The van der Waals surface area contributed by atoms with Gasteiger partial charge in [0.15, 0.2) is 0 Å². The fourth-order valence-electron chi connectivity index (χ4n) is 5.92. The number of rotatable bonds is 10. The fourth-order valence-corrected chi connectivity index (χ4v) is 8.38. The highest BCUT2D eigenvalue weighted by atomic mass is 28.2. The van der Waals surface area contributed by atoms with Crippen molar-refractivity contribution in [2.24, 2.45) is 0 Å². The number of hydrogen-bond donors (Lipinski definition) is 0. The number of nitrogens with zero attached hydrogens (tertiary/aromatic N) is 2. The number of hydrogen-bond acceptors (Lipinski definition) is 1. The maximum atomic E-state index is 4.42. The van der Waals surface area contributed by atoms with E-state index in [0.29, 0.717) is 5.82 Å². The smallest absolute Gasteiger partial charge is 0.116 e. The minimum Gasteiger partial charge on any atom is -0.326 e. The lowest BCUT2D eigenvalue weighted by Crippen LogP contribution is -2.46. The summed E-state index contributed by atoms with van der Waals surface area (Å²) in [6, 6.07) is 52.3. The van der Waals surface area contributed by atoms with Gasteiger partial charge >= 0.3 is 0 Å². The molecule has 0 aliphatic heterocycles. The molecule has 2 nitrogen and oxygen atoms in total. The van der Waals surface area contributed by atoms with Gasteiger partial charge in [-0.3, -0.25) is 0 Å². The molecule has 0 spiro atoms. The van der Waals surface area contributed by atoms with E-state index >= 15 is 0 Å². The zero-order chi connectivity index (χ0) is 29.7. The first-order valence-corrected chi connectivity index (χ1v) is 16.9. The Kier molecular flexibility index (Phi) is 10.6. The van der Waals surface area contributed by atoms with Crippen LogP contribution in [0.25, 0.3) is 0 Å². The highest BCUT2D eigenvalue weighted by Crippen LogP contribution is 2.33. The van der Waals surface area contributed by atoms with Crippen LogP contribution in [-0.4, -0.2) is 26.9 Å². The molecule has 6 rings (SSSR count). The highest BCUT2D eigenvalue weighted by Gasteiger charge is 2.36. The molecule has 214 valence electrons. The molecule has 0 bridgehead atoms. The van der Waals surface area contributed by atoms with Crippen molar-refractivity contribution in [3.63, 3.8) is 0 Å². The van der Waals surface area contributed by atoms with Crippen molar-refractivity contribution in [3.8, 4) is 0 Å². The van der Waals surface area contributed by atoms with E-state index in [1.54, 1.807) is 0 Å². The first kappa shape index (κ1) is 30.1. The van der Waals surface area contributed by atoms with Gasteiger partial charge in [-0.2, -0.15) is 0 Å². The quantitative estimate of drug-likeness (QED) is 0.163. The summed E-state index contributed by atoms with van der Waals surface area (Å²) in [5.41, 5.74) is 6.86. The summed E-state index contributed by atoms with van der Waals surface area (Å²) < 4.78 is 2.32. The standard InChI is InChI=1S/C26H28N2Si.C13H13B/c1-2-3-11-22-12-10-17-25(20-22)29-26(28-19-18-27-21-28,23-13-6-4-7-14-23)24-15-8-5-9-16-24;14-13(11-7-3-1-4-8-11)12-9-5-2-6-10-12/h4-10,12-21H,2-3,11,29H2,1H3;1-10,13H,14H2. The van der Waals surface area contributed by atoms with Gasteiger partial charge in [0.25, 0.3) is 0 Å². The Hall–Kier alpha value is -4.41. The van der Waals surface area contributed by atoms with Crippen molar-refractivity contribution in [1.29, 1.82) is 0 Å². The van der Waals surface area contributed by atoms with Crippen LogP contribution in [0, 0.1) is 0 Å². The molecule has 1 heterocycles. The molecular formula is C39H41BN2Si. The summed E-state index contributed by atoms with van der Waals surface area (Å²) in [7, 11) is 1.45. The number of unbranched alkanes of at least 4 members (excludes halogenated alkanes) is 1. The maximum absolute atomic E-state index is 4.42. The van der Waals surface area contributed by atoms with Gasteiger partial charge < -0.3 is 4.57 Å². The average molecular weight is 577 g/mol. The van der Waals surface area contributed by atoms with Gasteiger partial charge in [0, 0.05) is 12.4 Å². The van der Waals surface area contributed by atoms with Crippen molar-refractivity contribution in [2.75, 3.05) is 0 Å². The minimum atomic E-state index is -0.791. The molecule has 0 radical (unpaired) electrons. The first-order chi connectivity index (χ1) is 21.2. The van der Waals surface area contributed by atoms with Crippen molar-refractivity contribution in [2.45, 2.75) is 37.2 Å². The van der Waals surface area contributed by atoms with Gasteiger partial charge in [0.05, 0.1) is 21.0 Å². The van der Waals surface area contributed by atoms with Gasteiger partial charge in [-0.1, -0.05) is 164 Å². The largest absolute Gasteiger partial charge is 0.326 e. The monoisotopic (exact) mass is 576 g/mol. The molecule has 1 aromatic heterocycles. The van der Waals surface area contributed by atoms with E-state index in [2.05, 4.69) is 176 Å². The number of aromatic nitrogens is 2. The Bertz CT molecular complexity index is 1540. The van der Waals surface area contributed by atoms with Crippen LogP contribution in [0.4, 0.5) is 0 Å². The van der Waals surface area contributed by atoms with Gasteiger partial charge in [-0.15, -0.1) is 0 Å². The summed E-state index contributed by atoms with van der Waals surface area (Å²) in [4.78, 5) is 4.42. The molecule has 0 amide bonds. The second-order valence-electron chi connectivity index (χ2n) is 11.2. The topological polar surface area (TPSA) is 17.8 Å². The lowest BCUT2D eigenvalue weighted by Gasteiger charge is -2.37. The minimum absolute atomic E-state index is 0.206. The molecule has 0 fully saturated rings. The number of imidazole rings is 1. The Morgan fingerprint density at radius 2 is 1.23 bits per heavy atom. The van der Waals surface area contributed by atoms with Gasteiger partial charge in [-0.05, 0) is 46.5 Å². The zero-order valence-corrected chi connectivity index (χ0v) is 26.8. The Morgan fingerprint density at radius 3 is 1.72 bits per heavy atom. The van der Waals surface area contributed by atoms with Crippen LogP contribution in [0.1, 0.15) is 53.4 Å². The molecule has 4 heteroatoms. The van der Waals surface area contributed by atoms with E-state index in [1.165, 1.54) is 45.8 Å². The van der Waals surface area contributed by atoms with Crippen LogP contribution in [0.15, 0.2) is 164 Å². The summed E-state index contributed by atoms with van der Waals surface area (Å²) in [6.45, 7) is 2.26. The third-order valence-corrected chi connectivity index (χ3v) is 10.9. The molecule has 6 aromatic rings. The molecule has 0 saturated heterocycles. The normalized spacial score (nSPS) is 11.4. The van der Waals surface area contributed by atoms with Crippen molar-refractivity contribution in [1.82, 2.24) is 9.55 Å². The summed E-state index contributed by atoms with van der Waals surface area (Å²) in [6.07, 6.45) is 9.63. The van der Waals surface area contributed by atoms with Gasteiger partial charge in [0.2, 0.25) is 0 Å². The third-order valence-electron chi connectivity index (χ3n) is 8.32. The van der Waals surface area contributed by atoms with E-state index in [-0.39, 0.29) is 5.16 Å². The van der Waals surface area contributed by atoms with Crippen LogP contribution < -0.4 is 5.19 Å². The lowest BCUT2D eigenvalue weighted by atomic mass is 9.76. The molecule has 0 N–H and O–H groups in total. The van der Waals surface area contributed by atoms with Crippen molar-refractivity contribution >= 4 is 22.6 Å². The average Bonchev–Trinajstić information content (AvgIpc) is 3.64. The molecule has 43 heavy (non-hydrogen) atoms. The first-order valence-electron chi connectivity index (χ1n) is 15.5. The molecule has 0 aliphatic rings. The molecule has 0 atom stereocenters. The fraction of sp³-hybridized carbons (Fsp3) is 0.154. The maximum Gasteiger partial charge on any atom is 0.116 e. The van der Waals surface area contributed by atoms with Crippen LogP contribution in [0.5, 0.6) is 0 Å². The van der Waals surface area contributed by atoms with Crippen LogP contribution in [0.2, 0.25) is 0 Å². The second-order valence-corrected chi connectivity index (χ2v) is 13.4. The summed E-state index contributed by atoms with van der Waals surface area (Å²) >= 11 is 0. The Labute approximate surface area is 260 Å². The van der Waals surface area contributed by atoms with E-state index < -0.39 is 9.52 Å². The summed E-state index contributed by atoms with van der Waals surface area (Å²) in [5, 5.41) is 1.28. The van der Waals surface area contributed by atoms with Crippen LogP contribution in [0.3, 0.4) is 0 Å². The van der Waals surface area contributed by atoms with E-state index in [9.17, 15) is 0 Å². The highest BCUT2D eigenvalue weighted by molar-refractivity contribution is 6.57. The van der Waals surface area contributed by atoms with E-state index in [1.807, 2.05) is 12.5 Å². The number of benzene rings is 5. The summed E-state index contributed by atoms with van der Waals surface area (Å²) in [5.74, 6) is 0.484. The van der Waals surface area contributed by atoms with E-state index in [4.69, 9.17) is 0 Å². The lowest BCUT2D eigenvalue weighted by molar-refractivity contribution is 0.596. The predicted octanol–water partition coefficient (Wildman–Crippen LogP) is 6.88. The van der Waals surface area contributed by atoms with E-state index in [0.717, 1.165) is 6.42 Å². The van der Waals surface area contributed by atoms with Crippen LogP contribution >= 0.6 is 0 Å². The number of aryl methyl sites for hydroxylation is 1. The third kappa shape index (κ3) is 7.52. The Balaban J connectivity index is 0.000000220.